The standard InChI is InChI=1S/C16H17F2N5OS/c17-15(18)16-20-19-13-5-6-14(21-23(13)16)22-7-1-3-10(22)9-11(24)12-4-2-8-25-12/h2,4-6,8,10-11,15,24H,1,3,7,9H2. The Morgan fingerprint density at radius 3 is 2.92 bits per heavy atom. The van der Waals surface area contributed by atoms with Crippen molar-refractivity contribution in [1.29, 1.82) is 0 Å². The number of rotatable bonds is 5. The zero-order valence-corrected chi connectivity index (χ0v) is 14.1. The number of alkyl halides is 2. The molecule has 0 saturated carbocycles. The highest BCUT2D eigenvalue weighted by Crippen LogP contribution is 2.32. The Morgan fingerprint density at radius 1 is 1.28 bits per heavy atom. The molecule has 0 aromatic carbocycles. The first kappa shape index (κ1) is 16.3. The highest BCUT2D eigenvalue weighted by Gasteiger charge is 2.29. The monoisotopic (exact) mass is 365 g/mol. The van der Waals surface area contributed by atoms with Gasteiger partial charge in [-0.25, -0.2) is 8.78 Å². The molecule has 4 rings (SSSR count). The number of anilines is 1. The summed E-state index contributed by atoms with van der Waals surface area (Å²) in [6.07, 6.45) is -0.754. The van der Waals surface area contributed by atoms with Crippen LogP contribution in [0.3, 0.4) is 0 Å². The highest BCUT2D eigenvalue weighted by atomic mass is 32.1. The molecule has 0 radical (unpaired) electrons. The average Bonchev–Trinajstić information content (AvgIpc) is 3.34. The predicted molar refractivity (Wildman–Crippen MR) is 90.0 cm³/mol. The summed E-state index contributed by atoms with van der Waals surface area (Å²) < 4.78 is 27.2. The SMILES string of the molecule is OC(CC1CCCN1c1ccc2nnc(C(F)F)n2n1)c1cccs1. The van der Waals surface area contributed by atoms with E-state index in [1.165, 1.54) is 11.3 Å². The van der Waals surface area contributed by atoms with Gasteiger partial charge < -0.3 is 10.0 Å². The van der Waals surface area contributed by atoms with E-state index in [1.54, 1.807) is 12.1 Å². The molecule has 2 unspecified atom stereocenters. The van der Waals surface area contributed by atoms with Gasteiger partial charge >= 0.3 is 0 Å². The zero-order chi connectivity index (χ0) is 17.4. The van der Waals surface area contributed by atoms with Crippen LogP contribution in [0.4, 0.5) is 14.6 Å². The second kappa shape index (κ2) is 6.64. The van der Waals surface area contributed by atoms with Gasteiger partial charge in [0.1, 0.15) is 5.82 Å². The molecule has 0 aliphatic carbocycles. The second-order valence-electron chi connectivity index (χ2n) is 6.08. The van der Waals surface area contributed by atoms with Crippen LogP contribution in [0.15, 0.2) is 29.6 Å². The number of aromatic nitrogens is 4. The molecule has 1 aliphatic rings. The molecule has 4 heterocycles. The van der Waals surface area contributed by atoms with Crippen LogP contribution in [0.5, 0.6) is 0 Å². The van der Waals surface area contributed by atoms with Gasteiger partial charge in [0, 0.05) is 17.5 Å². The van der Waals surface area contributed by atoms with E-state index < -0.39 is 18.4 Å². The molecule has 6 nitrogen and oxygen atoms in total. The number of aliphatic hydroxyl groups excluding tert-OH is 1. The van der Waals surface area contributed by atoms with Crippen LogP contribution >= 0.6 is 11.3 Å². The van der Waals surface area contributed by atoms with E-state index in [0.29, 0.717) is 17.9 Å². The van der Waals surface area contributed by atoms with Crippen molar-refractivity contribution in [3.05, 3.63) is 40.3 Å². The number of fused-ring (bicyclic) bond motifs is 1. The van der Waals surface area contributed by atoms with E-state index in [9.17, 15) is 13.9 Å². The van der Waals surface area contributed by atoms with Crippen LogP contribution in [-0.4, -0.2) is 37.5 Å². The lowest BCUT2D eigenvalue weighted by Gasteiger charge is -2.27. The Labute approximate surface area is 146 Å². The van der Waals surface area contributed by atoms with Crippen molar-refractivity contribution in [3.8, 4) is 0 Å². The van der Waals surface area contributed by atoms with E-state index in [2.05, 4.69) is 20.2 Å². The van der Waals surface area contributed by atoms with Crippen LogP contribution in [0.2, 0.25) is 0 Å². The molecule has 1 fully saturated rings. The van der Waals surface area contributed by atoms with E-state index in [0.717, 1.165) is 28.8 Å². The molecule has 0 spiro atoms. The van der Waals surface area contributed by atoms with E-state index in [1.807, 2.05) is 17.5 Å². The molecular weight excluding hydrogens is 348 g/mol. The van der Waals surface area contributed by atoms with Gasteiger partial charge in [0.2, 0.25) is 5.82 Å². The maximum absolute atomic E-state index is 13.0. The summed E-state index contributed by atoms with van der Waals surface area (Å²) in [6, 6.07) is 7.38. The number of hydrogen-bond acceptors (Lipinski definition) is 6. The van der Waals surface area contributed by atoms with Crippen molar-refractivity contribution in [1.82, 2.24) is 19.8 Å². The van der Waals surface area contributed by atoms with Crippen molar-refractivity contribution in [3.63, 3.8) is 0 Å². The quantitative estimate of drug-likeness (QED) is 0.752. The maximum atomic E-state index is 13.0. The number of halogens is 2. The van der Waals surface area contributed by atoms with Crippen LogP contribution in [-0.2, 0) is 0 Å². The van der Waals surface area contributed by atoms with E-state index >= 15 is 0 Å². The number of aliphatic hydroxyl groups is 1. The van der Waals surface area contributed by atoms with Gasteiger partial charge in [-0.05, 0) is 42.8 Å². The lowest BCUT2D eigenvalue weighted by atomic mass is 10.1. The normalized spacial score (nSPS) is 19.2. The largest absolute Gasteiger partial charge is 0.387 e. The number of thiophene rings is 1. The molecule has 1 N–H and O–H groups in total. The molecule has 2 atom stereocenters. The molecule has 132 valence electrons. The molecule has 1 saturated heterocycles. The maximum Gasteiger partial charge on any atom is 0.299 e. The Kier molecular flexibility index (Phi) is 4.34. The Balaban J connectivity index is 1.59. The van der Waals surface area contributed by atoms with Gasteiger partial charge in [0.15, 0.2) is 5.65 Å². The van der Waals surface area contributed by atoms with Gasteiger partial charge in [0.25, 0.3) is 6.43 Å². The minimum atomic E-state index is -2.73. The van der Waals surface area contributed by atoms with Crippen molar-refractivity contribution < 1.29 is 13.9 Å². The lowest BCUT2D eigenvalue weighted by molar-refractivity contribution is 0.137. The van der Waals surface area contributed by atoms with Gasteiger partial charge in [-0.15, -0.1) is 26.6 Å². The fourth-order valence-electron chi connectivity index (χ4n) is 3.32. The molecule has 1 aliphatic heterocycles. The first-order valence-electron chi connectivity index (χ1n) is 8.12. The highest BCUT2D eigenvalue weighted by molar-refractivity contribution is 7.10. The minimum Gasteiger partial charge on any atom is -0.387 e. The molecule has 25 heavy (non-hydrogen) atoms. The van der Waals surface area contributed by atoms with Crippen molar-refractivity contribution in [2.24, 2.45) is 0 Å². The van der Waals surface area contributed by atoms with E-state index in [4.69, 9.17) is 0 Å². The minimum absolute atomic E-state index is 0.119. The van der Waals surface area contributed by atoms with Crippen LogP contribution < -0.4 is 4.90 Å². The molecule has 0 amide bonds. The summed E-state index contributed by atoms with van der Waals surface area (Å²) >= 11 is 1.53. The molecule has 9 heteroatoms. The molecule has 0 bridgehead atoms. The van der Waals surface area contributed by atoms with Crippen LogP contribution in [0, 0.1) is 0 Å². The van der Waals surface area contributed by atoms with Crippen LogP contribution in [0.1, 0.15) is 42.5 Å². The summed E-state index contributed by atoms with van der Waals surface area (Å²) in [7, 11) is 0. The Morgan fingerprint density at radius 2 is 2.16 bits per heavy atom. The number of nitrogens with zero attached hydrogens (tertiary/aromatic N) is 5. The third-order valence-corrected chi connectivity index (χ3v) is 5.48. The predicted octanol–water partition coefficient (Wildman–Crippen LogP) is 3.22. The summed E-state index contributed by atoms with van der Waals surface area (Å²) in [4.78, 5) is 3.01. The van der Waals surface area contributed by atoms with Crippen molar-refractivity contribution in [2.45, 2.75) is 37.8 Å². The van der Waals surface area contributed by atoms with E-state index in [-0.39, 0.29) is 6.04 Å². The van der Waals surface area contributed by atoms with Crippen LogP contribution in [0.25, 0.3) is 5.65 Å². The topological polar surface area (TPSA) is 66.5 Å². The Bertz CT molecular complexity index is 853. The Hall–Kier alpha value is -2.13. The molecular formula is C16H17F2N5OS. The van der Waals surface area contributed by atoms with Gasteiger partial charge in [-0.1, -0.05) is 6.07 Å². The first-order chi connectivity index (χ1) is 12.1. The van der Waals surface area contributed by atoms with Crippen molar-refractivity contribution >= 4 is 22.8 Å². The lowest BCUT2D eigenvalue weighted by Crippen LogP contribution is -2.31. The first-order valence-corrected chi connectivity index (χ1v) is 9.00. The summed E-state index contributed by atoms with van der Waals surface area (Å²) in [5, 5.41) is 23.9. The zero-order valence-electron chi connectivity index (χ0n) is 13.3. The van der Waals surface area contributed by atoms with Gasteiger partial charge in [-0.2, -0.15) is 4.52 Å². The third kappa shape index (κ3) is 3.09. The molecule has 3 aromatic heterocycles. The fraction of sp³-hybridized carbons (Fsp3) is 0.438. The summed E-state index contributed by atoms with van der Waals surface area (Å²) in [5.74, 6) is 0.154. The fourth-order valence-corrected chi connectivity index (χ4v) is 4.05. The van der Waals surface area contributed by atoms with Crippen molar-refractivity contribution in [2.75, 3.05) is 11.4 Å². The van der Waals surface area contributed by atoms with Gasteiger partial charge in [0.05, 0.1) is 6.10 Å². The van der Waals surface area contributed by atoms with Gasteiger partial charge in [-0.3, -0.25) is 0 Å². The summed E-state index contributed by atoms with van der Waals surface area (Å²) in [5.41, 5.74) is 0.299. The second-order valence-corrected chi connectivity index (χ2v) is 7.06. The average molecular weight is 365 g/mol. The third-order valence-electron chi connectivity index (χ3n) is 4.51. The smallest absolute Gasteiger partial charge is 0.299 e. The number of hydrogen-bond donors (Lipinski definition) is 1. The summed E-state index contributed by atoms with van der Waals surface area (Å²) in [6.45, 7) is 0.784. The molecule has 3 aromatic rings.